The number of hydrogen-bond donors (Lipinski definition) is 2. The number of rotatable bonds is 16. The molecule has 0 bridgehead atoms. The zero-order valence-corrected chi connectivity index (χ0v) is 29.9. The lowest BCUT2D eigenvalue weighted by molar-refractivity contribution is -0.199. The van der Waals surface area contributed by atoms with E-state index >= 15 is 0 Å². The molecular formula is C30H43N9O6S3. The van der Waals surface area contributed by atoms with Crippen LogP contribution in [0, 0.1) is 5.92 Å². The summed E-state index contributed by atoms with van der Waals surface area (Å²) < 4.78 is 13.5. The number of nitrogens with two attached hydrogens (primary N) is 1. The minimum atomic E-state index is -1.05. The van der Waals surface area contributed by atoms with E-state index in [0.29, 0.717) is 46.0 Å². The number of β-lactam (4-membered cyclic amide) rings is 1. The molecule has 1 saturated carbocycles. The molecule has 3 N–H and O–H groups in total. The van der Waals surface area contributed by atoms with Crippen molar-refractivity contribution in [3.63, 3.8) is 0 Å². The lowest BCUT2D eigenvalue weighted by Crippen LogP contribution is -2.70. The summed E-state index contributed by atoms with van der Waals surface area (Å²) in [6.07, 6.45) is 5.22. The van der Waals surface area contributed by atoms with Gasteiger partial charge in [-0.05, 0) is 49.4 Å². The predicted octanol–water partition coefficient (Wildman–Crippen LogP) is 2.45. The van der Waals surface area contributed by atoms with Crippen molar-refractivity contribution >= 4 is 63.7 Å². The van der Waals surface area contributed by atoms with Gasteiger partial charge in [0.25, 0.3) is 12.2 Å². The van der Waals surface area contributed by atoms with E-state index in [9.17, 15) is 19.2 Å². The van der Waals surface area contributed by atoms with Gasteiger partial charge in [0.15, 0.2) is 5.13 Å². The third-order valence-corrected chi connectivity index (χ3v) is 11.4. The molecule has 0 aromatic carbocycles. The Balaban J connectivity index is 1.36. The first-order valence-corrected chi connectivity index (χ1v) is 19.2. The molecule has 0 spiro atoms. The number of nitrogens with zero attached hydrogens (tertiary/aromatic N) is 7. The molecule has 2 aromatic rings. The van der Waals surface area contributed by atoms with Crippen LogP contribution in [0.5, 0.6) is 0 Å². The van der Waals surface area contributed by atoms with Gasteiger partial charge in [0.1, 0.15) is 17.1 Å². The molecule has 15 nitrogen and oxygen atoms in total. The van der Waals surface area contributed by atoms with Crippen molar-refractivity contribution in [2.45, 2.75) is 94.1 Å². The number of nitrogen functional groups attached to an aromatic ring is 1. The van der Waals surface area contributed by atoms with Crippen LogP contribution in [0.1, 0.15) is 64.0 Å². The fourth-order valence-electron chi connectivity index (χ4n) is 5.76. The molecule has 5 rings (SSSR count). The van der Waals surface area contributed by atoms with Crippen LogP contribution >= 0.6 is 34.9 Å². The maximum Gasteiger partial charge on any atom is 0.358 e. The second-order valence-electron chi connectivity index (χ2n) is 12.3. The van der Waals surface area contributed by atoms with Crippen LogP contribution in [0.15, 0.2) is 21.8 Å². The highest BCUT2D eigenvalue weighted by Gasteiger charge is 2.54. The first kappa shape index (κ1) is 36.1. The summed E-state index contributed by atoms with van der Waals surface area (Å²) in [5.74, 6) is -1.31. The van der Waals surface area contributed by atoms with Gasteiger partial charge in [-0.15, -0.1) is 28.2 Å². The van der Waals surface area contributed by atoms with Crippen molar-refractivity contribution in [1.82, 2.24) is 40.3 Å². The Kier molecular flexibility index (Phi) is 12.7. The third-order valence-electron chi connectivity index (χ3n) is 8.34. The molecule has 0 radical (unpaired) electrons. The second kappa shape index (κ2) is 16.9. The molecule has 4 heterocycles. The van der Waals surface area contributed by atoms with Gasteiger partial charge in [-0.3, -0.25) is 19.3 Å². The summed E-state index contributed by atoms with van der Waals surface area (Å²) in [4.78, 5) is 60.9. The van der Waals surface area contributed by atoms with Crippen molar-refractivity contribution in [1.29, 1.82) is 0 Å². The van der Waals surface area contributed by atoms with Crippen molar-refractivity contribution < 1.29 is 28.7 Å². The summed E-state index contributed by atoms with van der Waals surface area (Å²) in [5, 5.41) is 17.0. The molecule has 18 heteroatoms. The first-order valence-electron chi connectivity index (χ1n) is 16.2. The normalized spacial score (nSPS) is 20.3. The molecule has 3 aliphatic rings. The zero-order chi connectivity index (χ0) is 34.2. The molecule has 262 valence electrons. The molecule has 2 aliphatic heterocycles. The van der Waals surface area contributed by atoms with Crippen LogP contribution in [-0.4, -0.2) is 109 Å². The van der Waals surface area contributed by atoms with E-state index < -0.39 is 35.6 Å². The second-order valence-corrected chi connectivity index (χ2v) is 15.2. The summed E-state index contributed by atoms with van der Waals surface area (Å²) in [6, 6.07) is -0.824. The monoisotopic (exact) mass is 721 g/mol. The van der Waals surface area contributed by atoms with Crippen LogP contribution in [0.3, 0.4) is 0 Å². The number of anilines is 1. The smallest absolute Gasteiger partial charge is 0.358 e. The number of likely N-dealkylation sites (N-methyl/N-ethyl adjacent to an activating group) is 1. The van der Waals surface area contributed by atoms with Crippen LogP contribution in [0.25, 0.3) is 0 Å². The van der Waals surface area contributed by atoms with Gasteiger partial charge in [-0.2, -0.15) is 0 Å². The number of thiazole rings is 1. The number of unbranched alkanes of at least 4 members (excludes halogenated alkanes) is 1. The van der Waals surface area contributed by atoms with E-state index in [0.717, 1.165) is 45.1 Å². The fourth-order valence-corrected chi connectivity index (χ4v) is 8.71. The van der Waals surface area contributed by atoms with E-state index in [-0.39, 0.29) is 30.4 Å². The Labute approximate surface area is 292 Å². The van der Waals surface area contributed by atoms with E-state index in [4.69, 9.17) is 15.2 Å². The summed E-state index contributed by atoms with van der Waals surface area (Å²) >= 11 is 4.06. The first-order chi connectivity index (χ1) is 23.1. The van der Waals surface area contributed by atoms with E-state index in [1.807, 2.05) is 25.9 Å². The number of amides is 2. The molecule has 3 atom stereocenters. The number of nitrogens with one attached hydrogen (secondary N) is 1. The number of carbonyl (C=O) groups is 4. The average Bonchev–Trinajstić information content (AvgIpc) is 3.71. The van der Waals surface area contributed by atoms with Crippen LogP contribution in [0.4, 0.5) is 5.13 Å². The van der Waals surface area contributed by atoms with E-state index in [1.165, 1.54) is 39.8 Å². The van der Waals surface area contributed by atoms with Gasteiger partial charge in [0.2, 0.25) is 11.1 Å². The molecule has 1 unspecified atom stereocenters. The Hall–Kier alpha value is -3.22. The van der Waals surface area contributed by atoms with E-state index in [1.54, 1.807) is 10.1 Å². The van der Waals surface area contributed by atoms with Crippen molar-refractivity contribution in [2.24, 2.45) is 5.92 Å². The third kappa shape index (κ3) is 9.06. The Morgan fingerprint density at radius 1 is 1.21 bits per heavy atom. The molecular weight excluding hydrogens is 679 g/mol. The highest BCUT2D eigenvalue weighted by atomic mass is 32.2. The number of thioether (sulfide) groups is 2. The maximum atomic E-state index is 14.1. The Bertz CT molecular complexity index is 1490. The molecule has 1 aliphatic carbocycles. The molecule has 1 saturated heterocycles. The minimum Gasteiger partial charge on any atom is -0.425 e. The largest absolute Gasteiger partial charge is 0.425 e. The van der Waals surface area contributed by atoms with Crippen molar-refractivity contribution in [2.75, 3.05) is 37.9 Å². The molecule has 2 amide bonds. The average molecular weight is 722 g/mol. The van der Waals surface area contributed by atoms with Crippen LogP contribution in [0.2, 0.25) is 0 Å². The maximum absolute atomic E-state index is 14.1. The van der Waals surface area contributed by atoms with Crippen LogP contribution in [-0.2, 0) is 41.6 Å². The number of hydrogen-bond acceptors (Lipinski definition) is 15. The summed E-state index contributed by atoms with van der Waals surface area (Å²) in [7, 11) is 3.93. The summed E-state index contributed by atoms with van der Waals surface area (Å²) in [5.41, 5.74) is 7.01. The zero-order valence-electron chi connectivity index (χ0n) is 27.5. The minimum absolute atomic E-state index is 0.0174. The number of esters is 2. The van der Waals surface area contributed by atoms with E-state index in [2.05, 4.69) is 25.8 Å². The number of tetrazole rings is 1. The molecule has 2 fully saturated rings. The quantitative estimate of drug-likeness (QED) is 0.111. The fraction of sp³-hybridized carbons (Fsp3) is 0.667. The predicted molar refractivity (Wildman–Crippen MR) is 181 cm³/mol. The molecule has 2 aromatic heterocycles. The van der Waals surface area contributed by atoms with Gasteiger partial charge in [-0.25, -0.2) is 14.5 Å². The summed E-state index contributed by atoms with van der Waals surface area (Å²) in [6.45, 7) is 3.31. The molecule has 48 heavy (non-hydrogen) atoms. The van der Waals surface area contributed by atoms with Gasteiger partial charge < -0.3 is 25.4 Å². The van der Waals surface area contributed by atoms with Gasteiger partial charge in [0, 0.05) is 35.8 Å². The van der Waals surface area contributed by atoms with Crippen molar-refractivity contribution in [3.8, 4) is 0 Å². The standard InChI is InChI=1S/C30H43N9O6S3/c1-4-5-11-22(41)44-28(18-9-7-6-8-10-18)45-27(43)24-19(16-48-30-34-35-36-38(30)13-12-37(2)3)15-46-26-23(25(42)39(24)26)33-21(40)14-20-17-47-29(31)32-20/h17-18,23,26,28H,4-16H2,1-3H3,(H2,31,32)(H,33,40)/t23-,26-,28?/m1/s1. The highest BCUT2D eigenvalue weighted by Crippen LogP contribution is 2.42. The number of carbonyl (C=O) groups excluding carboxylic acids is 4. The Morgan fingerprint density at radius 2 is 2.00 bits per heavy atom. The van der Waals surface area contributed by atoms with Gasteiger partial charge >= 0.3 is 11.9 Å². The Morgan fingerprint density at radius 3 is 2.71 bits per heavy atom. The van der Waals surface area contributed by atoms with Crippen molar-refractivity contribution in [3.05, 3.63) is 22.3 Å². The lowest BCUT2D eigenvalue weighted by Gasteiger charge is -2.50. The number of ether oxygens (including phenoxy) is 2. The topological polar surface area (TPSA) is 188 Å². The number of aromatic nitrogens is 5. The van der Waals surface area contributed by atoms with Gasteiger partial charge in [0.05, 0.1) is 18.7 Å². The van der Waals surface area contributed by atoms with Gasteiger partial charge in [-0.1, -0.05) is 44.4 Å². The lowest BCUT2D eigenvalue weighted by atomic mass is 9.88. The number of fused-ring (bicyclic) bond motifs is 1. The van der Waals surface area contributed by atoms with Crippen LogP contribution < -0.4 is 11.1 Å². The SMILES string of the molecule is CCCCC(=O)OC(OC(=O)C1=C(CSc2nnnn2CCN(C)C)CS[C@@H]2[C@H](NC(=O)Cc3csc(N)n3)C(=O)N12)C1CCCCC1. The highest BCUT2D eigenvalue weighted by molar-refractivity contribution is 8.01.